The van der Waals surface area contributed by atoms with Crippen LogP contribution in [0.25, 0.3) is 5.69 Å². The number of nitrogens with one attached hydrogen (secondary N) is 1. The second kappa shape index (κ2) is 9.12. The summed E-state index contributed by atoms with van der Waals surface area (Å²) in [4.78, 5) is 31.0. The van der Waals surface area contributed by atoms with E-state index in [9.17, 15) is 14.0 Å². The molecule has 1 N–H and O–H groups in total. The van der Waals surface area contributed by atoms with Gasteiger partial charge < -0.3 is 14.8 Å². The normalized spacial score (nSPS) is 16.4. The zero-order valence-electron chi connectivity index (χ0n) is 17.4. The molecular formula is C24H25FN4O2. The Labute approximate surface area is 180 Å². The third kappa shape index (κ3) is 4.66. The van der Waals surface area contributed by atoms with E-state index in [4.69, 9.17) is 0 Å². The molecule has 0 spiro atoms. The van der Waals surface area contributed by atoms with Gasteiger partial charge in [0, 0.05) is 44.0 Å². The minimum atomic E-state index is -0.340. The zero-order chi connectivity index (χ0) is 21.8. The summed E-state index contributed by atoms with van der Waals surface area (Å²) in [6.07, 6.45) is 4.43. The van der Waals surface area contributed by atoms with E-state index in [-0.39, 0.29) is 36.5 Å². The summed E-state index contributed by atoms with van der Waals surface area (Å²) < 4.78 is 16.0. The van der Waals surface area contributed by atoms with Crippen molar-refractivity contribution in [1.29, 1.82) is 0 Å². The molecule has 1 aliphatic heterocycles. The number of piperidine rings is 1. The maximum atomic E-state index is 14.0. The predicted molar refractivity (Wildman–Crippen MR) is 115 cm³/mol. The maximum absolute atomic E-state index is 14.0. The van der Waals surface area contributed by atoms with Gasteiger partial charge in [-0.1, -0.05) is 36.4 Å². The summed E-state index contributed by atoms with van der Waals surface area (Å²) in [6.45, 7) is 2.78. The molecule has 3 aromatic rings. The molecule has 0 unspecified atom stereocenters. The van der Waals surface area contributed by atoms with Gasteiger partial charge in [0.2, 0.25) is 11.8 Å². The van der Waals surface area contributed by atoms with Crippen LogP contribution in [0.15, 0.2) is 60.9 Å². The minimum Gasteiger partial charge on any atom is -0.352 e. The molecule has 0 aliphatic carbocycles. The van der Waals surface area contributed by atoms with Crippen molar-refractivity contribution in [3.05, 3.63) is 83.7 Å². The third-order valence-corrected chi connectivity index (χ3v) is 5.72. The van der Waals surface area contributed by atoms with E-state index in [1.54, 1.807) is 29.3 Å². The summed E-state index contributed by atoms with van der Waals surface area (Å²) in [6, 6.07) is 14.3. The van der Waals surface area contributed by atoms with E-state index < -0.39 is 0 Å². The smallest absolute Gasteiger partial charge is 0.225 e. The molecule has 1 atom stereocenters. The van der Waals surface area contributed by atoms with Gasteiger partial charge in [0.15, 0.2) is 0 Å². The van der Waals surface area contributed by atoms with Crippen LogP contribution in [-0.4, -0.2) is 32.8 Å². The van der Waals surface area contributed by atoms with E-state index in [1.807, 2.05) is 42.0 Å². The molecule has 160 valence electrons. The van der Waals surface area contributed by atoms with Crippen LogP contribution >= 0.6 is 0 Å². The summed E-state index contributed by atoms with van der Waals surface area (Å²) in [5.41, 5.74) is 2.41. The Hall–Kier alpha value is -3.48. The summed E-state index contributed by atoms with van der Waals surface area (Å²) in [7, 11) is 0. The Morgan fingerprint density at radius 2 is 1.90 bits per heavy atom. The number of rotatable bonds is 6. The van der Waals surface area contributed by atoms with Crippen molar-refractivity contribution in [3.8, 4) is 5.69 Å². The van der Waals surface area contributed by atoms with E-state index in [0.29, 0.717) is 25.1 Å². The molecule has 6 nitrogen and oxygen atoms in total. The second-order valence-corrected chi connectivity index (χ2v) is 7.79. The molecule has 1 fully saturated rings. The summed E-state index contributed by atoms with van der Waals surface area (Å²) in [5, 5.41) is 3.02. The highest BCUT2D eigenvalue weighted by Crippen LogP contribution is 2.22. The molecule has 1 aliphatic rings. The largest absolute Gasteiger partial charge is 0.352 e. The van der Waals surface area contributed by atoms with Gasteiger partial charge in [0.1, 0.15) is 11.6 Å². The van der Waals surface area contributed by atoms with Crippen LogP contribution in [0.4, 0.5) is 4.39 Å². The zero-order valence-corrected chi connectivity index (χ0v) is 17.4. The van der Waals surface area contributed by atoms with Crippen LogP contribution in [0, 0.1) is 18.7 Å². The number of hydrogen-bond donors (Lipinski definition) is 1. The number of nitrogens with zero attached hydrogens (tertiary/aromatic N) is 3. The number of hydrogen-bond acceptors (Lipinski definition) is 3. The fraction of sp³-hybridized carbons (Fsp3) is 0.292. The molecule has 4 rings (SSSR count). The Kier molecular flexibility index (Phi) is 6.11. The Morgan fingerprint density at radius 1 is 1.16 bits per heavy atom. The van der Waals surface area contributed by atoms with E-state index in [1.165, 1.54) is 6.07 Å². The molecule has 31 heavy (non-hydrogen) atoms. The lowest BCUT2D eigenvalue weighted by Gasteiger charge is -2.32. The van der Waals surface area contributed by atoms with Gasteiger partial charge >= 0.3 is 0 Å². The molecule has 0 saturated carbocycles. The van der Waals surface area contributed by atoms with Gasteiger partial charge in [-0.2, -0.15) is 0 Å². The molecule has 2 amide bonds. The number of amides is 2. The molecule has 1 aromatic heterocycles. The van der Waals surface area contributed by atoms with Crippen LogP contribution < -0.4 is 5.32 Å². The van der Waals surface area contributed by atoms with Crippen LogP contribution in [0.2, 0.25) is 0 Å². The lowest BCUT2D eigenvalue weighted by Crippen LogP contribution is -2.45. The second-order valence-electron chi connectivity index (χ2n) is 7.79. The van der Waals surface area contributed by atoms with E-state index in [2.05, 4.69) is 10.3 Å². The number of halogens is 1. The number of benzene rings is 2. The third-order valence-electron chi connectivity index (χ3n) is 5.72. The molecule has 0 bridgehead atoms. The molecule has 2 heterocycles. The van der Waals surface area contributed by atoms with Crippen LogP contribution in [0.5, 0.6) is 0 Å². The van der Waals surface area contributed by atoms with Crippen molar-refractivity contribution in [2.75, 3.05) is 6.54 Å². The Balaban J connectivity index is 1.41. The standard InChI is InChI=1S/C24H25FN4O2/c1-17-26-12-13-29(17)22-9-5-3-6-18(22)14-27-24(31)20-10-11-23(30)28(16-20)15-19-7-2-4-8-21(19)25/h2-9,12-13,20H,10-11,14-16H2,1H3,(H,27,31)/t20-/m1/s1. The van der Waals surface area contributed by atoms with Gasteiger partial charge in [-0.05, 0) is 31.0 Å². The number of carbonyl (C=O) groups is 2. The van der Waals surface area contributed by atoms with Gasteiger partial charge in [-0.3, -0.25) is 9.59 Å². The highest BCUT2D eigenvalue weighted by molar-refractivity contribution is 5.83. The van der Waals surface area contributed by atoms with Crippen molar-refractivity contribution in [1.82, 2.24) is 19.8 Å². The van der Waals surface area contributed by atoms with Crippen LogP contribution in [0.1, 0.15) is 29.8 Å². The number of aryl methyl sites for hydroxylation is 1. The highest BCUT2D eigenvalue weighted by Gasteiger charge is 2.30. The first-order chi connectivity index (χ1) is 15.0. The molecule has 1 saturated heterocycles. The van der Waals surface area contributed by atoms with Crippen molar-refractivity contribution < 1.29 is 14.0 Å². The Bertz CT molecular complexity index is 1090. The summed E-state index contributed by atoms with van der Waals surface area (Å²) in [5.74, 6) is 0.0738. The van der Waals surface area contributed by atoms with E-state index >= 15 is 0 Å². The quantitative estimate of drug-likeness (QED) is 0.665. The molecule has 2 aromatic carbocycles. The number of carbonyl (C=O) groups excluding carboxylic acids is 2. The first kappa shape index (κ1) is 20.8. The van der Waals surface area contributed by atoms with Crippen molar-refractivity contribution in [2.45, 2.75) is 32.9 Å². The number of aromatic nitrogens is 2. The average molecular weight is 420 g/mol. The fourth-order valence-corrected chi connectivity index (χ4v) is 3.97. The summed E-state index contributed by atoms with van der Waals surface area (Å²) >= 11 is 0. The number of imidazole rings is 1. The number of likely N-dealkylation sites (tertiary alicyclic amines) is 1. The molecular weight excluding hydrogens is 395 g/mol. The van der Waals surface area contributed by atoms with Gasteiger partial charge in [0.25, 0.3) is 0 Å². The monoisotopic (exact) mass is 420 g/mol. The van der Waals surface area contributed by atoms with Crippen molar-refractivity contribution >= 4 is 11.8 Å². The SMILES string of the molecule is Cc1nccn1-c1ccccc1CNC(=O)[C@@H]1CCC(=O)N(Cc2ccccc2F)C1. The highest BCUT2D eigenvalue weighted by atomic mass is 19.1. The fourth-order valence-electron chi connectivity index (χ4n) is 3.97. The lowest BCUT2D eigenvalue weighted by atomic mass is 9.96. The lowest BCUT2D eigenvalue weighted by molar-refractivity contribution is -0.139. The van der Waals surface area contributed by atoms with Gasteiger partial charge in [0.05, 0.1) is 11.6 Å². The minimum absolute atomic E-state index is 0.0479. The van der Waals surface area contributed by atoms with Crippen LogP contribution in [0.3, 0.4) is 0 Å². The van der Waals surface area contributed by atoms with Crippen molar-refractivity contribution in [3.63, 3.8) is 0 Å². The van der Waals surface area contributed by atoms with Gasteiger partial charge in [-0.15, -0.1) is 0 Å². The Morgan fingerprint density at radius 3 is 2.65 bits per heavy atom. The van der Waals surface area contributed by atoms with Gasteiger partial charge in [-0.25, -0.2) is 9.37 Å². The molecule has 7 heteroatoms. The van der Waals surface area contributed by atoms with Crippen molar-refractivity contribution in [2.24, 2.45) is 5.92 Å². The first-order valence-electron chi connectivity index (χ1n) is 10.4. The topological polar surface area (TPSA) is 67.2 Å². The van der Waals surface area contributed by atoms with Crippen LogP contribution in [-0.2, 0) is 22.7 Å². The predicted octanol–water partition coefficient (Wildman–Crippen LogP) is 3.37. The number of para-hydroxylation sites is 1. The average Bonchev–Trinajstić information content (AvgIpc) is 3.21. The molecule has 0 radical (unpaired) electrons. The van der Waals surface area contributed by atoms with E-state index in [0.717, 1.165) is 17.1 Å². The maximum Gasteiger partial charge on any atom is 0.225 e. The first-order valence-corrected chi connectivity index (χ1v) is 10.4.